The van der Waals surface area contributed by atoms with Gasteiger partial charge in [0.1, 0.15) is 0 Å². The van der Waals surface area contributed by atoms with E-state index in [0.717, 1.165) is 30.9 Å². The predicted octanol–water partition coefficient (Wildman–Crippen LogP) is 3.67. The Morgan fingerprint density at radius 2 is 1.97 bits per heavy atom. The first-order valence-electron chi connectivity index (χ1n) is 9.53. The normalized spacial score (nSPS) is 19.6. The van der Waals surface area contributed by atoms with Crippen LogP contribution in [0, 0.1) is 6.92 Å². The molecule has 0 saturated carbocycles. The van der Waals surface area contributed by atoms with Gasteiger partial charge in [-0.15, -0.1) is 11.3 Å². The number of aromatic nitrogens is 5. The number of hydrogen-bond acceptors (Lipinski definition) is 8. The van der Waals surface area contributed by atoms with Crippen molar-refractivity contribution in [1.29, 1.82) is 0 Å². The van der Waals surface area contributed by atoms with Gasteiger partial charge in [-0.05, 0) is 30.7 Å². The number of hydrogen-bond donors (Lipinski definition) is 0. The summed E-state index contributed by atoms with van der Waals surface area (Å²) in [5, 5.41) is 4.22. The third-order valence-electron chi connectivity index (χ3n) is 5.42. The zero-order valence-electron chi connectivity index (χ0n) is 16.0. The van der Waals surface area contributed by atoms with Crippen LogP contribution >= 0.6 is 11.3 Å². The maximum atomic E-state index is 5.72. The molecule has 1 fully saturated rings. The highest BCUT2D eigenvalue weighted by Gasteiger charge is 2.38. The summed E-state index contributed by atoms with van der Waals surface area (Å²) >= 11 is 1.71. The van der Waals surface area contributed by atoms with Crippen LogP contribution in [0.3, 0.4) is 0 Å². The second-order valence-electron chi connectivity index (χ2n) is 7.25. The van der Waals surface area contributed by atoms with Crippen LogP contribution in [0.4, 0.5) is 0 Å². The zero-order chi connectivity index (χ0) is 19.6. The summed E-state index contributed by atoms with van der Waals surface area (Å²) in [6, 6.07) is 7.90. The van der Waals surface area contributed by atoms with Gasteiger partial charge in [0.2, 0.25) is 11.7 Å². The van der Waals surface area contributed by atoms with E-state index in [1.165, 1.54) is 10.4 Å². The van der Waals surface area contributed by atoms with Crippen LogP contribution in [0.2, 0.25) is 0 Å². The maximum Gasteiger partial charge on any atom is 0.232 e. The molecule has 0 aliphatic carbocycles. The lowest BCUT2D eigenvalue weighted by atomic mass is 9.90. The second-order valence-corrected chi connectivity index (χ2v) is 8.19. The highest BCUT2D eigenvalue weighted by molar-refractivity contribution is 7.09. The van der Waals surface area contributed by atoms with Crippen molar-refractivity contribution in [1.82, 2.24) is 30.0 Å². The monoisotopic (exact) mass is 404 g/mol. The Balaban J connectivity index is 1.44. The maximum absolute atomic E-state index is 5.72. The van der Waals surface area contributed by atoms with Crippen LogP contribution in [0.1, 0.15) is 33.9 Å². The first-order valence-corrected chi connectivity index (χ1v) is 10.4. The number of thiazole rings is 1. The standard InChI is InChI=1S/C21H20N6OS/c1-14-19(29-13-24-14)12-27-10-17(16-3-2-6-23-9-16)18(11-27)21-25-20(26-28-21)15-4-7-22-8-5-15/h2-9,13,17-18H,10-12H2,1H3/t17-,18+/m0/s1. The summed E-state index contributed by atoms with van der Waals surface area (Å²) in [6.07, 6.45) is 7.22. The topological polar surface area (TPSA) is 80.8 Å². The van der Waals surface area contributed by atoms with Gasteiger partial charge in [-0.25, -0.2) is 4.98 Å². The van der Waals surface area contributed by atoms with E-state index in [0.29, 0.717) is 11.7 Å². The second kappa shape index (κ2) is 7.81. The van der Waals surface area contributed by atoms with Crippen LogP contribution in [0.5, 0.6) is 0 Å². The van der Waals surface area contributed by atoms with Crippen molar-refractivity contribution >= 4 is 11.3 Å². The summed E-state index contributed by atoms with van der Waals surface area (Å²) in [4.78, 5) is 21.2. The Morgan fingerprint density at radius 3 is 2.72 bits per heavy atom. The van der Waals surface area contributed by atoms with Gasteiger partial charge in [-0.1, -0.05) is 11.2 Å². The van der Waals surface area contributed by atoms with Gasteiger partial charge in [0.05, 0.1) is 17.1 Å². The number of rotatable bonds is 5. The van der Waals surface area contributed by atoms with Gasteiger partial charge in [0.25, 0.3) is 0 Å². The van der Waals surface area contributed by atoms with Crippen LogP contribution < -0.4 is 0 Å². The molecule has 4 aromatic heterocycles. The number of likely N-dealkylation sites (tertiary alicyclic amines) is 1. The van der Waals surface area contributed by atoms with E-state index in [1.54, 1.807) is 29.9 Å². The van der Waals surface area contributed by atoms with E-state index in [-0.39, 0.29) is 11.8 Å². The number of nitrogens with zero attached hydrogens (tertiary/aromatic N) is 6. The number of aryl methyl sites for hydroxylation is 1. The van der Waals surface area contributed by atoms with Crippen LogP contribution in [0.25, 0.3) is 11.4 Å². The first kappa shape index (κ1) is 18.1. The molecule has 146 valence electrons. The fraction of sp³-hybridized carbons (Fsp3) is 0.286. The van der Waals surface area contributed by atoms with Crippen molar-refractivity contribution in [3.8, 4) is 11.4 Å². The van der Waals surface area contributed by atoms with Crippen LogP contribution in [0.15, 0.2) is 59.1 Å². The first-order chi connectivity index (χ1) is 14.3. The van der Waals surface area contributed by atoms with Crippen LogP contribution in [-0.4, -0.2) is 43.1 Å². The van der Waals surface area contributed by atoms with Gasteiger partial charge in [-0.2, -0.15) is 4.98 Å². The lowest BCUT2D eigenvalue weighted by molar-refractivity contribution is 0.310. The van der Waals surface area contributed by atoms with E-state index >= 15 is 0 Å². The molecule has 0 bridgehead atoms. The highest BCUT2D eigenvalue weighted by atomic mass is 32.1. The molecular weight excluding hydrogens is 384 g/mol. The molecule has 2 atom stereocenters. The number of pyridine rings is 2. The fourth-order valence-electron chi connectivity index (χ4n) is 3.88. The molecule has 0 unspecified atom stereocenters. The summed E-state index contributed by atoms with van der Waals surface area (Å²) in [5.41, 5.74) is 5.12. The molecule has 0 N–H and O–H groups in total. The minimum atomic E-state index is 0.121. The van der Waals surface area contributed by atoms with Crippen molar-refractivity contribution in [2.75, 3.05) is 13.1 Å². The van der Waals surface area contributed by atoms with Gasteiger partial charge < -0.3 is 4.52 Å². The Morgan fingerprint density at radius 1 is 1.10 bits per heavy atom. The lowest BCUT2D eigenvalue weighted by Gasteiger charge is -2.15. The predicted molar refractivity (Wildman–Crippen MR) is 109 cm³/mol. The molecule has 1 aliphatic heterocycles. The molecule has 8 heteroatoms. The lowest BCUT2D eigenvalue weighted by Crippen LogP contribution is -2.20. The molecule has 1 saturated heterocycles. The van der Waals surface area contributed by atoms with Crippen molar-refractivity contribution in [2.45, 2.75) is 25.3 Å². The minimum absolute atomic E-state index is 0.121. The van der Waals surface area contributed by atoms with Gasteiger partial charge in [-0.3, -0.25) is 14.9 Å². The third-order valence-corrected chi connectivity index (χ3v) is 6.34. The van der Waals surface area contributed by atoms with E-state index in [1.807, 2.05) is 29.9 Å². The fourth-order valence-corrected chi connectivity index (χ4v) is 4.70. The Hall–Kier alpha value is -2.97. The summed E-state index contributed by atoms with van der Waals surface area (Å²) in [5.74, 6) is 1.65. The molecule has 1 aliphatic rings. The molecule has 4 aromatic rings. The van der Waals surface area contributed by atoms with E-state index in [4.69, 9.17) is 9.51 Å². The summed E-state index contributed by atoms with van der Waals surface area (Å²) in [7, 11) is 0. The summed E-state index contributed by atoms with van der Waals surface area (Å²) < 4.78 is 5.72. The average molecular weight is 404 g/mol. The zero-order valence-corrected chi connectivity index (χ0v) is 16.8. The van der Waals surface area contributed by atoms with Crippen molar-refractivity contribution < 1.29 is 4.52 Å². The molecule has 0 radical (unpaired) electrons. The molecule has 5 heterocycles. The smallest absolute Gasteiger partial charge is 0.232 e. The minimum Gasteiger partial charge on any atom is -0.339 e. The Labute approximate surface area is 172 Å². The van der Waals surface area contributed by atoms with Crippen LogP contribution in [-0.2, 0) is 6.54 Å². The molecular formula is C21H20N6OS. The SMILES string of the molecule is Cc1ncsc1CN1C[C@@H](c2cccnc2)[C@H](c2nc(-c3ccncc3)no2)C1. The van der Waals surface area contributed by atoms with Gasteiger partial charge in [0, 0.05) is 60.8 Å². The van der Waals surface area contributed by atoms with Crippen molar-refractivity contribution in [2.24, 2.45) is 0 Å². The average Bonchev–Trinajstić information content (AvgIpc) is 3.50. The van der Waals surface area contributed by atoms with Crippen molar-refractivity contribution in [3.63, 3.8) is 0 Å². The Bertz CT molecular complexity index is 1080. The molecule has 29 heavy (non-hydrogen) atoms. The molecule has 5 rings (SSSR count). The van der Waals surface area contributed by atoms with E-state index in [9.17, 15) is 0 Å². The van der Waals surface area contributed by atoms with Gasteiger partial charge in [0.15, 0.2) is 0 Å². The quantitative estimate of drug-likeness (QED) is 0.502. The molecule has 0 amide bonds. The highest BCUT2D eigenvalue weighted by Crippen LogP contribution is 2.40. The largest absolute Gasteiger partial charge is 0.339 e. The van der Waals surface area contributed by atoms with Crippen molar-refractivity contribution in [3.05, 3.63) is 76.6 Å². The third kappa shape index (κ3) is 3.68. The molecule has 0 aromatic carbocycles. The molecule has 7 nitrogen and oxygen atoms in total. The molecule has 0 spiro atoms. The van der Waals surface area contributed by atoms with E-state index in [2.05, 4.69) is 38.0 Å². The van der Waals surface area contributed by atoms with E-state index < -0.39 is 0 Å². The summed E-state index contributed by atoms with van der Waals surface area (Å²) in [6.45, 7) is 4.72. The van der Waals surface area contributed by atoms with Gasteiger partial charge >= 0.3 is 0 Å². The Kier molecular flexibility index (Phi) is 4.87.